The summed E-state index contributed by atoms with van der Waals surface area (Å²) in [6.45, 7) is 3.47. The second-order valence-corrected chi connectivity index (χ2v) is 7.06. The van der Waals surface area contributed by atoms with Gasteiger partial charge in [-0.1, -0.05) is 23.7 Å². The molecule has 8 heteroatoms. The Kier molecular flexibility index (Phi) is 4.58. The lowest BCUT2D eigenvalue weighted by atomic mass is 10.1. The molecule has 2 rings (SSSR count). The van der Waals surface area contributed by atoms with Crippen LogP contribution < -0.4 is 4.72 Å². The molecule has 0 bridgehead atoms. The van der Waals surface area contributed by atoms with Crippen molar-refractivity contribution in [2.24, 2.45) is 7.05 Å². The van der Waals surface area contributed by atoms with Crippen LogP contribution in [0.1, 0.15) is 16.8 Å². The van der Waals surface area contributed by atoms with Crippen LogP contribution in [0.25, 0.3) is 0 Å². The van der Waals surface area contributed by atoms with Crippen LogP contribution in [0.2, 0.25) is 5.02 Å². The number of sulfonamides is 1. The minimum absolute atomic E-state index is 0.00899. The maximum Gasteiger partial charge on any atom is 0.267 e. The first kappa shape index (κ1) is 16.5. The molecule has 118 valence electrons. The first-order chi connectivity index (χ1) is 10.2. The summed E-state index contributed by atoms with van der Waals surface area (Å²) in [6.07, 6.45) is 1.15. The molecule has 0 saturated heterocycles. The van der Waals surface area contributed by atoms with E-state index in [2.05, 4.69) is 5.10 Å². The third kappa shape index (κ3) is 3.48. The van der Waals surface area contributed by atoms with E-state index in [9.17, 15) is 13.2 Å². The number of hydrogen-bond donors (Lipinski definition) is 1. The van der Waals surface area contributed by atoms with E-state index in [0.29, 0.717) is 16.3 Å². The maximum atomic E-state index is 12.2. The van der Waals surface area contributed by atoms with Gasteiger partial charge < -0.3 is 0 Å². The number of aromatic nitrogens is 2. The predicted molar refractivity (Wildman–Crippen MR) is 83.2 cm³/mol. The topological polar surface area (TPSA) is 81.1 Å². The van der Waals surface area contributed by atoms with Crippen LogP contribution in [0.3, 0.4) is 0 Å². The van der Waals surface area contributed by atoms with Gasteiger partial charge in [0.25, 0.3) is 10.0 Å². The van der Waals surface area contributed by atoms with Crippen LogP contribution in [0.15, 0.2) is 29.3 Å². The van der Waals surface area contributed by atoms with Crippen molar-refractivity contribution in [3.8, 4) is 0 Å². The Hall–Kier alpha value is -1.86. The van der Waals surface area contributed by atoms with Crippen LogP contribution >= 0.6 is 11.6 Å². The normalized spacial score (nSPS) is 11.5. The van der Waals surface area contributed by atoms with Gasteiger partial charge in [-0.3, -0.25) is 9.48 Å². The molecule has 0 aliphatic rings. The third-order valence-electron chi connectivity index (χ3n) is 3.33. The first-order valence-corrected chi connectivity index (χ1v) is 8.36. The number of halogens is 1. The molecule has 1 aromatic carbocycles. The van der Waals surface area contributed by atoms with Crippen LogP contribution in [-0.2, 0) is 28.3 Å². The number of hydrogen-bond acceptors (Lipinski definition) is 4. The highest BCUT2D eigenvalue weighted by Crippen LogP contribution is 2.17. The minimum atomic E-state index is -3.92. The zero-order chi connectivity index (χ0) is 16.5. The van der Waals surface area contributed by atoms with Crippen molar-refractivity contribution in [2.75, 3.05) is 0 Å². The monoisotopic (exact) mass is 341 g/mol. The lowest BCUT2D eigenvalue weighted by Crippen LogP contribution is -2.32. The summed E-state index contributed by atoms with van der Waals surface area (Å²) in [5.74, 6) is -0.622. The molecule has 0 radical (unpaired) electrons. The summed E-state index contributed by atoms with van der Waals surface area (Å²) in [5, 5.41) is 4.40. The molecule has 1 aromatic heterocycles. The van der Waals surface area contributed by atoms with Crippen LogP contribution in [0, 0.1) is 13.8 Å². The molecule has 6 nitrogen and oxygen atoms in total. The molecular weight excluding hydrogens is 326 g/mol. The van der Waals surface area contributed by atoms with Crippen LogP contribution in [0.5, 0.6) is 0 Å². The van der Waals surface area contributed by atoms with Gasteiger partial charge in [0.1, 0.15) is 4.90 Å². The van der Waals surface area contributed by atoms with E-state index in [0.717, 1.165) is 5.56 Å². The Morgan fingerprint density at radius 1 is 1.36 bits per heavy atom. The van der Waals surface area contributed by atoms with Crippen molar-refractivity contribution in [3.63, 3.8) is 0 Å². The van der Waals surface area contributed by atoms with Crippen molar-refractivity contribution >= 4 is 27.5 Å². The predicted octanol–water partition coefficient (Wildman–Crippen LogP) is 1.74. The number of nitrogens with zero attached hydrogens (tertiary/aromatic N) is 2. The molecule has 2 aromatic rings. The second-order valence-electron chi connectivity index (χ2n) is 5.01. The average molecular weight is 342 g/mol. The number of carbonyl (C=O) groups excluding carboxylic acids is 1. The Balaban J connectivity index is 2.14. The van der Waals surface area contributed by atoms with Gasteiger partial charge in [0, 0.05) is 12.1 Å². The van der Waals surface area contributed by atoms with Gasteiger partial charge in [-0.25, -0.2) is 13.1 Å². The number of rotatable bonds is 4. The standard InChI is InChI=1S/C14H16ClN3O3S/c1-9-4-5-11(6-12(9)15)7-14(19)17-22(20,21)13-8-16-18(3)10(13)2/h4-6,8H,7H2,1-3H3,(H,17,19). The van der Waals surface area contributed by atoms with Gasteiger partial charge in [-0.05, 0) is 31.0 Å². The van der Waals surface area contributed by atoms with Crippen LogP contribution in [0.4, 0.5) is 0 Å². The molecule has 1 N–H and O–H groups in total. The van der Waals surface area contributed by atoms with E-state index in [4.69, 9.17) is 11.6 Å². The molecule has 1 amide bonds. The fraction of sp³-hybridized carbons (Fsp3) is 0.286. The van der Waals surface area contributed by atoms with Crippen molar-refractivity contribution in [2.45, 2.75) is 25.2 Å². The molecule has 0 unspecified atom stereocenters. The zero-order valence-corrected chi connectivity index (χ0v) is 14.0. The van der Waals surface area contributed by atoms with Gasteiger partial charge in [0.15, 0.2) is 0 Å². The summed E-state index contributed by atoms with van der Waals surface area (Å²) in [7, 11) is -2.29. The molecule has 0 atom stereocenters. The number of benzene rings is 1. The van der Waals surface area contributed by atoms with E-state index in [1.165, 1.54) is 10.9 Å². The van der Waals surface area contributed by atoms with Crippen molar-refractivity contribution in [1.29, 1.82) is 0 Å². The lowest BCUT2D eigenvalue weighted by molar-refractivity contribution is -0.118. The molecule has 22 heavy (non-hydrogen) atoms. The van der Waals surface area contributed by atoms with E-state index < -0.39 is 15.9 Å². The summed E-state index contributed by atoms with van der Waals surface area (Å²) >= 11 is 5.99. The highest BCUT2D eigenvalue weighted by Gasteiger charge is 2.22. The molecule has 0 fully saturated rings. The Labute approximate surface area is 134 Å². The number of nitrogens with one attached hydrogen (secondary N) is 1. The molecule has 0 aliphatic heterocycles. The summed E-state index contributed by atoms with van der Waals surface area (Å²) < 4.78 is 27.8. The van der Waals surface area contributed by atoms with E-state index in [1.807, 2.05) is 11.6 Å². The van der Waals surface area contributed by atoms with E-state index >= 15 is 0 Å². The van der Waals surface area contributed by atoms with Gasteiger partial charge >= 0.3 is 0 Å². The van der Waals surface area contributed by atoms with Gasteiger partial charge in [0.2, 0.25) is 5.91 Å². The fourth-order valence-electron chi connectivity index (χ4n) is 1.92. The Morgan fingerprint density at radius 2 is 2.05 bits per heavy atom. The van der Waals surface area contributed by atoms with Gasteiger partial charge in [-0.2, -0.15) is 5.10 Å². The van der Waals surface area contributed by atoms with E-state index in [1.54, 1.807) is 32.2 Å². The molecule has 1 heterocycles. The molecule has 0 spiro atoms. The molecule has 0 aliphatic carbocycles. The number of amides is 1. The highest BCUT2D eigenvalue weighted by molar-refractivity contribution is 7.90. The Bertz CT molecular complexity index is 828. The van der Waals surface area contributed by atoms with Gasteiger partial charge in [0.05, 0.1) is 18.3 Å². The second kappa shape index (κ2) is 6.10. The van der Waals surface area contributed by atoms with Crippen molar-refractivity contribution in [3.05, 3.63) is 46.2 Å². The van der Waals surface area contributed by atoms with E-state index in [-0.39, 0.29) is 11.3 Å². The molecular formula is C14H16ClN3O3S. The van der Waals surface area contributed by atoms with Crippen molar-refractivity contribution < 1.29 is 13.2 Å². The quantitative estimate of drug-likeness (QED) is 0.918. The fourth-order valence-corrected chi connectivity index (χ4v) is 3.31. The summed E-state index contributed by atoms with van der Waals surface area (Å²) in [6, 6.07) is 5.17. The smallest absolute Gasteiger partial charge is 0.267 e. The minimum Gasteiger partial charge on any atom is -0.274 e. The third-order valence-corrected chi connectivity index (χ3v) is 5.21. The first-order valence-electron chi connectivity index (χ1n) is 6.50. The molecule has 0 saturated carbocycles. The highest BCUT2D eigenvalue weighted by atomic mass is 35.5. The number of aryl methyl sites for hydroxylation is 2. The summed E-state index contributed by atoms with van der Waals surface area (Å²) in [5.41, 5.74) is 1.99. The van der Waals surface area contributed by atoms with Crippen LogP contribution in [-0.4, -0.2) is 24.1 Å². The Morgan fingerprint density at radius 3 is 2.59 bits per heavy atom. The summed E-state index contributed by atoms with van der Waals surface area (Å²) in [4.78, 5) is 11.9. The number of carbonyl (C=O) groups is 1. The van der Waals surface area contributed by atoms with Crippen molar-refractivity contribution in [1.82, 2.24) is 14.5 Å². The van der Waals surface area contributed by atoms with Gasteiger partial charge in [-0.15, -0.1) is 0 Å². The average Bonchev–Trinajstić information content (AvgIpc) is 2.74. The zero-order valence-electron chi connectivity index (χ0n) is 12.4. The lowest BCUT2D eigenvalue weighted by Gasteiger charge is -2.07. The largest absolute Gasteiger partial charge is 0.274 e. The maximum absolute atomic E-state index is 12.2. The SMILES string of the molecule is Cc1ccc(CC(=O)NS(=O)(=O)c2cnn(C)c2C)cc1Cl.